The minimum atomic E-state index is -0.714. The lowest BCUT2D eigenvalue weighted by Crippen LogP contribution is -2.49. The molecule has 1 spiro atoms. The molecular formula is C29H38N2O2. The lowest BCUT2D eigenvalue weighted by atomic mass is 9.58. The average Bonchev–Trinajstić information content (AvgIpc) is 3.37. The summed E-state index contributed by atoms with van der Waals surface area (Å²) in [5.74, 6) is 1.37. The highest BCUT2D eigenvalue weighted by Crippen LogP contribution is 2.74. The SMILES string of the molecule is CC12CC=C3C4CC45CC(O)CCC5CC[C@]3(O)C1CC=C2c1ccc(C#N)cc1.CNC. The van der Waals surface area contributed by atoms with Crippen LogP contribution in [0.4, 0.5) is 0 Å². The third-order valence-electron chi connectivity index (χ3n) is 9.73. The molecule has 6 rings (SSSR count). The van der Waals surface area contributed by atoms with Crippen LogP contribution in [0.3, 0.4) is 0 Å². The van der Waals surface area contributed by atoms with E-state index in [0.717, 1.165) is 44.9 Å². The maximum Gasteiger partial charge on any atom is 0.0991 e. The van der Waals surface area contributed by atoms with Gasteiger partial charge in [-0.15, -0.1) is 0 Å². The number of rotatable bonds is 1. The summed E-state index contributed by atoms with van der Waals surface area (Å²) >= 11 is 0. The molecule has 0 heterocycles. The van der Waals surface area contributed by atoms with Gasteiger partial charge in [-0.25, -0.2) is 0 Å². The first kappa shape index (κ1) is 22.8. The second-order valence-corrected chi connectivity index (χ2v) is 11.5. The predicted molar refractivity (Wildman–Crippen MR) is 131 cm³/mol. The topological polar surface area (TPSA) is 76.3 Å². The molecule has 5 aliphatic carbocycles. The van der Waals surface area contributed by atoms with Gasteiger partial charge < -0.3 is 15.5 Å². The first-order chi connectivity index (χ1) is 15.8. The van der Waals surface area contributed by atoms with Crippen LogP contribution >= 0.6 is 0 Å². The molecule has 3 saturated carbocycles. The number of fused-ring (bicyclic) bond motifs is 4. The van der Waals surface area contributed by atoms with Crippen LogP contribution in [0.1, 0.15) is 69.4 Å². The van der Waals surface area contributed by atoms with Gasteiger partial charge in [-0.2, -0.15) is 5.26 Å². The van der Waals surface area contributed by atoms with E-state index in [1.807, 2.05) is 26.2 Å². The van der Waals surface area contributed by atoms with Crippen LogP contribution in [0, 0.1) is 39.9 Å². The van der Waals surface area contributed by atoms with E-state index >= 15 is 0 Å². The Balaban J connectivity index is 0.000000724. The summed E-state index contributed by atoms with van der Waals surface area (Å²) in [5, 5.41) is 34.5. The van der Waals surface area contributed by atoms with E-state index in [2.05, 4.69) is 42.6 Å². The predicted octanol–water partition coefficient (Wildman–Crippen LogP) is 4.83. The van der Waals surface area contributed by atoms with Crippen molar-refractivity contribution >= 4 is 5.57 Å². The summed E-state index contributed by atoms with van der Waals surface area (Å²) in [6.45, 7) is 2.34. The van der Waals surface area contributed by atoms with Crippen LogP contribution in [0.2, 0.25) is 0 Å². The molecule has 1 aromatic rings. The Morgan fingerprint density at radius 3 is 2.48 bits per heavy atom. The molecule has 3 N–H and O–H groups in total. The van der Waals surface area contributed by atoms with E-state index in [1.54, 1.807) is 0 Å². The number of hydrogen-bond acceptors (Lipinski definition) is 4. The van der Waals surface area contributed by atoms with Crippen LogP contribution in [0.25, 0.3) is 5.57 Å². The molecule has 5 aliphatic rings. The van der Waals surface area contributed by atoms with Crippen molar-refractivity contribution in [3.63, 3.8) is 0 Å². The van der Waals surface area contributed by atoms with E-state index < -0.39 is 5.60 Å². The van der Waals surface area contributed by atoms with Crippen molar-refractivity contribution in [2.45, 2.75) is 70.0 Å². The number of aliphatic hydroxyl groups is 2. The van der Waals surface area contributed by atoms with E-state index in [1.165, 1.54) is 23.1 Å². The lowest BCUT2D eigenvalue weighted by Gasteiger charge is -2.49. The van der Waals surface area contributed by atoms with Gasteiger partial charge in [-0.3, -0.25) is 0 Å². The highest BCUT2D eigenvalue weighted by atomic mass is 16.3. The maximum absolute atomic E-state index is 12.3. The van der Waals surface area contributed by atoms with Gasteiger partial charge in [0.25, 0.3) is 0 Å². The molecule has 4 heteroatoms. The van der Waals surface area contributed by atoms with Gasteiger partial charge in [0, 0.05) is 11.3 Å². The fourth-order valence-corrected chi connectivity index (χ4v) is 8.16. The second kappa shape index (κ2) is 8.08. The molecule has 7 atom stereocenters. The zero-order valence-electron chi connectivity index (χ0n) is 20.3. The fourth-order valence-electron chi connectivity index (χ4n) is 8.16. The van der Waals surface area contributed by atoms with Crippen molar-refractivity contribution < 1.29 is 10.2 Å². The van der Waals surface area contributed by atoms with E-state index in [0.29, 0.717) is 17.4 Å². The monoisotopic (exact) mass is 446 g/mol. The van der Waals surface area contributed by atoms with Crippen LogP contribution in [-0.2, 0) is 0 Å². The van der Waals surface area contributed by atoms with E-state index in [9.17, 15) is 10.2 Å². The van der Waals surface area contributed by atoms with Gasteiger partial charge in [-0.05, 0) is 112 Å². The molecule has 0 aromatic heterocycles. The molecule has 0 amide bonds. The van der Waals surface area contributed by atoms with Crippen LogP contribution in [0.15, 0.2) is 42.0 Å². The first-order valence-corrected chi connectivity index (χ1v) is 12.7. The molecule has 0 radical (unpaired) electrons. The molecule has 0 aliphatic heterocycles. The summed E-state index contributed by atoms with van der Waals surface area (Å²) in [4.78, 5) is 0. The standard InChI is InChI=1S/C27H31NO2.C2H7N/c1-25-12-11-22-23-15-26(23)14-20(29)7-6-19(26)10-13-27(22,30)24(25)9-8-21(25)18-4-2-17(16-28)3-5-18;1-3-2/h2-5,8,11,19-20,23-24,29-30H,6-7,9-10,12-15H2,1H3;3H,1-2H3/t19?,20?,23?,24?,25?,26?,27-;/m1./s1. The highest BCUT2D eigenvalue weighted by Gasteiger charge is 2.68. The zero-order chi connectivity index (χ0) is 23.4. The third kappa shape index (κ3) is 3.35. The number of benzene rings is 1. The highest BCUT2D eigenvalue weighted by molar-refractivity contribution is 5.74. The molecule has 33 heavy (non-hydrogen) atoms. The maximum atomic E-state index is 12.3. The van der Waals surface area contributed by atoms with Crippen molar-refractivity contribution in [2.75, 3.05) is 14.1 Å². The quantitative estimate of drug-likeness (QED) is 0.540. The Morgan fingerprint density at radius 1 is 1.06 bits per heavy atom. The number of hydrogen-bond donors (Lipinski definition) is 3. The summed E-state index contributed by atoms with van der Waals surface area (Å²) < 4.78 is 0. The van der Waals surface area contributed by atoms with Gasteiger partial charge in [-0.1, -0.05) is 31.2 Å². The molecule has 176 valence electrons. The zero-order valence-corrected chi connectivity index (χ0v) is 20.3. The normalized spacial score (nSPS) is 42.5. The molecule has 6 unspecified atom stereocenters. The van der Waals surface area contributed by atoms with Crippen molar-refractivity contribution in [1.29, 1.82) is 5.26 Å². The molecule has 0 bridgehead atoms. The van der Waals surface area contributed by atoms with Crippen LogP contribution in [-0.4, -0.2) is 36.0 Å². The van der Waals surface area contributed by atoms with Crippen molar-refractivity contribution in [3.05, 3.63) is 53.1 Å². The van der Waals surface area contributed by atoms with E-state index in [-0.39, 0.29) is 22.9 Å². The largest absolute Gasteiger partial charge is 0.393 e. The average molecular weight is 447 g/mol. The van der Waals surface area contributed by atoms with Gasteiger partial charge in [0.2, 0.25) is 0 Å². The van der Waals surface area contributed by atoms with Gasteiger partial charge in [0.15, 0.2) is 0 Å². The first-order valence-electron chi connectivity index (χ1n) is 12.7. The molecular weight excluding hydrogens is 408 g/mol. The summed E-state index contributed by atoms with van der Waals surface area (Å²) in [5.41, 5.74) is 4.02. The summed E-state index contributed by atoms with van der Waals surface area (Å²) in [7, 11) is 3.75. The fraction of sp³-hybridized carbons (Fsp3) is 0.621. The minimum Gasteiger partial charge on any atom is -0.393 e. The molecule has 3 fully saturated rings. The Bertz CT molecular complexity index is 1020. The third-order valence-corrected chi connectivity index (χ3v) is 9.73. The second-order valence-electron chi connectivity index (χ2n) is 11.5. The van der Waals surface area contributed by atoms with Crippen molar-refractivity contribution in [2.24, 2.45) is 28.6 Å². The Labute approximate surface area is 198 Å². The van der Waals surface area contributed by atoms with Crippen LogP contribution in [0.5, 0.6) is 0 Å². The van der Waals surface area contributed by atoms with Gasteiger partial charge >= 0.3 is 0 Å². The summed E-state index contributed by atoms with van der Waals surface area (Å²) in [6, 6.07) is 10.2. The lowest BCUT2D eigenvalue weighted by molar-refractivity contribution is -0.0389. The molecule has 4 nitrogen and oxygen atoms in total. The Kier molecular flexibility index (Phi) is 5.59. The van der Waals surface area contributed by atoms with E-state index in [4.69, 9.17) is 5.26 Å². The van der Waals surface area contributed by atoms with Gasteiger partial charge in [0.05, 0.1) is 23.3 Å². The number of nitrogens with one attached hydrogen (secondary N) is 1. The number of nitriles is 1. The number of aliphatic hydroxyl groups excluding tert-OH is 1. The Morgan fingerprint density at radius 2 is 1.79 bits per heavy atom. The van der Waals surface area contributed by atoms with Crippen molar-refractivity contribution in [3.8, 4) is 6.07 Å². The number of allylic oxidation sites excluding steroid dienone is 3. The van der Waals surface area contributed by atoms with Crippen molar-refractivity contribution in [1.82, 2.24) is 5.32 Å². The molecule has 1 aromatic carbocycles. The summed E-state index contributed by atoms with van der Waals surface area (Å²) in [6.07, 6.45) is 12.6. The minimum absolute atomic E-state index is 0.0660. The Hall–Kier alpha value is -1.93. The molecule has 0 saturated heterocycles. The van der Waals surface area contributed by atoms with Gasteiger partial charge in [0.1, 0.15) is 0 Å². The number of nitrogens with zero attached hydrogens (tertiary/aromatic N) is 1. The van der Waals surface area contributed by atoms with Crippen LogP contribution < -0.4 is 5.32 Å². The smallest absolute Gasteiger partial charge is 0.0991 e.